The van der Waals surface area contributed by atoms with Crippen LogP contribution in [0.5, 0.6) is 0 Å². The predicted octanol–water partition coefficient (Wildman–Crippen LogP) is 1.26. The third-order valence-corrected chi connectivity index (χ3v) is 3.74. The Bertz CT molecular complexity index is 560. The van der Waals surface area contributed by atoms with E-state index in [9.17, 15) is 14.0 Å². The lowest BCUT2D eigenvalue weighted by atomic mass is 10.1. The van der Waals surface area contributed by atoms with E-state index in [4.69, 9.17) is 0 Å². The van der Waals surface area contributed by atoms with E-state index >= 15 is 0 Å². The summed E-state index contributed by atoms with van der Waals surface area (Å²) in [5, 5.41) is 8.12. The Balaban J connectivity index is 1.39. The van der Waals surface area contributed by atoms with Crippen LogP contribution < -0.4 is 16.0 Å². The maximum absolute atomic E-state index is 13.1. The van der Waals surface area contributed by atoms with E-state index in [1.807, 2.05) is 6.07 Å². The summed E-state index contributed by atoms with van der Waals surface area (Å²) in [6.07, 6.45) is 2.83. The summed E-state index contributed by atoms with van der Waals surface area (Å²) in [5.41, 5.74) is 0.903. The molecule has 5 nitrogen and oxygen atoms in total. The maximum Gasteiger partial charge on any atom is 0.315 e. The third-order valence-electron chi connectivity index (χ3n) is 3.74. The number of hydrogen-bond acceptors (Lipinski definition) is 2. The summed E-state index contributed by atoms with van der Waals surface area (Å²) in [6, 6.07) is 6.44. The number of carbonyl (C=O) groups excluding carboxylic acids is 2. The molecule has 6 heteroatoms. The van der Waals surface area contributed by atoms with Crippen molar-refractivity contribution in [2.24, 2.45) is 0 Å². The highest BCUT2D eigenvalue weighted by Crippen LogP contribution is 2.40. The van der Waals surface area contributed by atoms with Gasteiger partial charge in [0.25, 0.3) is 0 Å². The van der Waals surface area contributed by atoms with Crippen LogP contribution >= 0.6 is 0 Å². The molecule has 0 radical (unpaired) electrons. The summed E-state index contributed by atoms with van der Waals surface area (Å²) in [7, 11) is 0. The monoisotopic (exact) mass is 291 g/mol. The average Bonchev–Trinajstić information content (AvgIpc) is 3.33. The van der Waals surface area contributed by atoms with Crippen molar-refractivity contribution in [3.63, 3.8) is 0 Å². The van der Waals surface area contributed by atoms with Crippen molar-refractivity contribution in [2.45, 2.75) is 37.3 Å². The number of urea groups is 1. The van der Waals surface area contributed by atoms with Gasteiger partial charge in [-0.15, -0.1) is 0 Å². The first-order valence-electron chi connectivity index (χ1n) is 7.21. The van der Waals surface area contributed by atoms with Gasteiger partial charge in [0.15, 0.2) is 0 Å². The molecule has 0 heterocycles. The fourth-order valence-electron chi connectivity index (χ4n) is 2.34. The van der Waals surface area contributed by atoms with Gasteiger partial charge in [0, 0.05) is 18.0 Å². The van der Waals surface area contributed by atoms with Crippen LogP contribution in [0.2, 0.25) is 0 Å². The SMILES string of the molecule is O=C(CNC(=O)NC1CC1)N[C@H]1C[C@@H]1c1cccc(F)c1. The Kier molecular flexibility index (Phi) is 3.77. The number of halogens is 1. The Morgan fingerprint density at radius 2 is 2.05 bits per heavy atom. The minimum atomic E-state index is -0.301. The number of carbonyl (C=O) groups is 2. The van der Waals surface area contributed by atoms with Crippen LogP contribution in [0.25, 0.3) is 0 Å². The molecule has 112 valence electrons. The second-order valence-corrected chi connectivity index (χ2v) is 5.67. The van der Waals surface area contributed by atoms with Crippen LogP contribution in [-0.4, -0.2) is 30.6 Å². The number of rotatable bonds is 5. The zero-order valence-electron chi connectivity index (χ0n) is 11.6. The van der Waals surface area contributed by atoms with Gasteiger partial charge in [-0.05, 0) is 37.0 Å². The van der Waals surface area contributed by atoms with E-state index in [0.717, 1.165) is 24.8 Å². The molecule has 2 aliphatic carbocycles. The molecule has 3 rings (SSSR count). The van der Waals surface area contributed by atoms with E-state index in [-0.39, 0.29) is 42.3 Å². The van der Waals surface area contributed by atoms with E-state index in [1.165, 1.54) is 12.1 Å². The van der Waals surface area contributed by atoms with Crippen molar-refractivity contribution in [1.82, 2.24) is 16.0 Å². The van der Waals surface area contributed by atoms with Gasteiger partial charge >= 0.3 is 6.03 Å². The van der Waals surface area contributed by atoms with Crippen molar-refractivity contribution >= 4 is 11.9 Å². The zero-order valence-corrected chi connectivity index (χ0v) is 11.6. The van der Waals surface area contributed by atoms with Crippen LogP contribution in [0.4, 0.5) is 9.18 Å². The fourth-order valence-corrected chi connectivity index (χ4v) is 2.34. The Morgan fingerprint density at radius 1 is 1.24 bits per heavy atom. The maximum atomic E-state index is 13.1. The van der Waals surface area contributed by atoms with Gasteiger partial charge in [-0.3, -0.25) is 4.79 Å². The molecule has 2 aliphatic rings. The molecular formula is C15H18FN3O2. The van der Waals surface area contributed by atoms with Gasteiger partial charge in [-0.25, -0.2) is 9.18 Å². The van der Waals surface area contributed by atoms with Crippen molar-refractivity contribution in [3.05, 3.63) is 35.6 Å². The first-order valence-corrected chi connectivity index (χ1v) is 7.21. The van der Waals surface area contributed by atoms with Crippen molar-refractivity contribution in [3.8, 4) is 0 Å². The van der Waals surface area contributed by atoms with Gasteiger partial charge in [-0.1, -0.05) is 12.1 Å². The lowest BCUT2D eigenvalue weighted by Crippen LogP contribution is -2.43. The first kappa shape index (κ1) is 13.9. The molecule has 0 saturated heterocycles. The normalized spacial score (nSPS) is 23.3. The highest BCUT2D eigenvalue weighted by atomic mass is 19.1. The number of nitrogens with one attached hydrogen (secondary N) is 3. The van der Waals surface area contributed by atoms with E-state index in [2.05, 4.69) is 16.0 Å². The molecule has 2 fully saturated rings. The van der Waals surface area contributed by atoms with Crippen LogP contribution in [-0.2, 0) is 4.79 Å². The van der Waals surface area contributed by atoms with Gasteiger partial charge in [0.05, 0.1) is 6.54 Å². The molecule has 0 unspecified atom stereocenters. The largest absolute Gasteiger partial charge is 0.351 e. The van der Waals surface area contributed by atoms with Crippen molar-refractivity contribution < 1.29 is 14.0 Å². The quantitative estimate of drug-likeness (QED) is 0.764. The van der Waals surface area contributed by atoms with E-state index in [1.54, 1.807) is 6.07 Å². The summed E-state index contributed by atoms with van der Waals surface area (Å²) in [5.74, 6) is -0.308. The molecule has 1 aromatic carbocycles. The Hall–Kier alpha value is -2.11. The Labute approximate surface area is 122 Å². The number of benzene rings is 1. The molecule has 21 heavy (non-hydrogen) atoms. The van der Waals surface area contributed by atoms with Crippen LogP contribution in [0, 0.1) is 5.82 Å². The van der Waals surface area contributed by atoms with Gasteiger partial charge in [0.2, 0.25) is 5.91 Å². The minimum absolute atomic E-state index is 0.0348. The highest BCUT2D eigenvalue weighted by molar-refractivity contribution is 5.84. The smallest absolute Gasteiger partial charge is 0.315 e. The predicted molar refractivity (Wildman–Crippen MR) is 75.2 cm³/mol. The first-order chi connectivity index (χ1) is 10.1. The standard InChI is InChI=1S/C15H18FN3O2/c16-10-3-1-2-9(6-10)12-7-13(12)19-14(20)8-17-15(21)18-11-4-5-11/h1-3,6,11-13H,4-5,7-8H2,(H,19,20)(H2,17,18,21)/t12-,13+/m1/s1. The van der Waals surface area contributed by atoms with Gasteiger partial charge in [-0.2, -0.15) is 0 Å². The summed E-state index contributed by atoms with van der Waals surface area (Å²) >= 11 is 0. The lowest BCUT2D eigenvalue weighted by Gasteiger charge is -2.07. The second-order valence-electron chi connectivity index (χ2n) is 5.67. The summed E-state index contributed by atoms with van der Waals surface area (Å²) in [4.78, 5) is 23.1. The molecule has 3 N–H and O–H groups in total. The molecule has 0 aromatic heterocycles. The van der Waals surface area contributed by atoms with Gasteiger partial charge in [0.1, 0.15) is 5.82 Å². The van der Waals surface area contributed by atoms with Crippen LogP contribution in [0.15, 0.2) is 24.3 Å². The molecule has 1 aromatic rings. The molecule has 2 atom stereocenters. The second kappa shape index (κ2) is 5.71. The molecule has 2 saturated carbocycles. The summed E-state index contributed by atoms with van der Waals surface area (Å²) < 4.78 is 13.1. The number of hydrogen-bond donors (Lipinski definition) is 3. The van der Waals surface area contributed by atoms with Crippen LogP contribution in [0.3, 0.4) is 0 Å². The van der Waals surface area contributed by atoms with Gasteiger partial charge < -0.3 is 16.0 Å². The minimum Gasteiger partial charge on any atom is -0.351 e. The number of amides is 3. The van der Waals surface area contributed by atoms with Crippen LogP contribution in [0.1, 0.15) is 30.7 Å². The molecular weight excluding hydrogens is 273 g/mol. The topological polar surface area (TPSA) is 70.2 Å². The molecule has 0 spiro atoms. The third kappa shape index (κ3) is 3.93. The highest BCUT2D eigenvalue weighted by Gasteiger charge is 2.39. The fraction of sp³-hybridized carbons (Fsp3) is 0.467. The molecule has 0 aliphatic heterocycles. The average molecular weight is 291 g/mol. The Morgan fingerprint density at radius 3 is 2.76 bits per heavy atom. The van der Waals surface area contributed by atoms with Crippen molar-refractivity contribution in [1.29, 1.82) is 0 Å². The zero-order chi connectivity index (χ0) is 14.8. The summed E-state index contributed by atoms with van der Waals surface area (Å²) in [6.45, 7) is -0.0368. The molecule has 0 bridgehead atoms. The molecule has 3 amide bonds. The van der Waals surface area contributed by atoms with E-state index in [0.29, 0.717) is 0 Å². The van der Waals surface area contributed by atoms with E-state index < -0.39 is 0 Å². The lowest BCUT2D eigenvalue weighted by molar-refractivity contribution is -0.120. The van der Waals surface area contributed by atoms with Crippen molar-refractivity contribution in [2.75, 3.05) is 6.54 Å².